The summed E-state index contributed by atoms with van der Waals surface area (Å²) in [6, 6.07) is 1.60. The first-order chi connectivity index (χ1) is 6.24. The zero-order chi connectivity index (χ0) is 9.68. The molecule has 0 saturated heterocycles. The molecule has 5 nitrogen and oxygen atoms in total. The van der Waals surface area contributed by atoms with Crippen LogP contribution < -0.4 is 10.6 Å². The summed E-state index contributed by atoms with van der Waals surface area (Å²) in [7, 11) is 1.81. The highest BCUT2D eigenvalue weighted by molar-refractivity contribution is 5.91. The van der Waals surface area contributed by atoms with Crippen LogP contribution in [-0.4, -0.2) is 24.7 Å². The minimum atomic E-state index is -0.0818. The fourth-order valence-electron chi connectivity index (χ4n) is 0.925. The number of carbonyl (C=O) groups excluding carboxylic acids is 1. The van der Waals surface area contributed by atoms with Crippen molar-refractivity contribution in [3.8, 4) is 0 Å². The molecular formula is C8H13N3O2. The molecule has 0 fully saturated rings. The molecule has 2 N–H and O–H groups in total. The number of rotatable bonds is 4. The smallest absolute Gasteiger partial charge is 0.229 e. The molecule has 0 saturated carbocycles. The van der Waals surface area contributed by atoms with E-state index in [1.807, 2.05) is 6.92 Å². The third-order valence-corrected chi connectivity index (χ3v) is 1.65. The summed E-state index contributed by atoms with van der Waals surface area (Å²) in [5, 5.41) is 9.12. The van der Waals surface area contributed by atoms with Crippen LogP contribution >= 0.6 is 0 Å². The molecule has 0 aliphatic heterocycles. The van der Waals surface area contributed by atoms with Gasteiger partial charge in [0.05, 0.1) is 0 Å². The number of anilines is 1. The zero-order valence-corrected chi connectivity index (χ0v) is 7.70. The van der Waals surface area contributed by atoms with Gasteiger partial charge in [-0.25, -0.2) is 0 Å². The second-order valence-electron chi connectivity index (χ2n) is 2.83. The van der Waals surface area contributed by atoms with Crippen LogP contribution in [0.4, 0.5) is 5.82 Å². The Bertz CT molecular complexity index is 258. The summed E-state index contributed by atoms with van der Waals surface area (Å²) in [6.45, 7) is 2.48. The molecule has 0 aliphatic carbocycles. The molecule has 0 aromatic carbocycles. The van der Waals surface area contributed by atoms with E-state index >= 15 is 0 Å². The Balaban J connectivity index is 2.41. The van der Waals surface area contributed by atoms with E-state index in [4.69, 9.17) is 0 Å². The van der Waals surface area contributed by atoms with Crippen LogP contribution in [0.15, 0.2) is 16.9 Å². The van der Waals surface area contributed by atoms with Gasteiger partial charge in [0.1, 0.15) is 6.26 Å². The number of aromatic nitrogens is 1. The molecule has 0 spiro atoms. The molecule has 5 heteroatoms. The lowest BCUT2D eigenvalue weighted by Gasteiger charge is -2.08. The van der Waals surface area contributed by atoms with Crippen molar-refractivity contribution in [1.82, 2.24) is 10.5 Å². The maximum Gasteiger partial charge on any atom is 0.229 e. The SMILES string of the molecule is CNCC(C)C(=O)Nc1ccon1. The summed E-state index contributed by atoms with van der Waals surface area (Å²) in [4.78, 5) is 11.4. The van der Waals surface area contributed by atoms with Crippen LogP contribution in [0.1, 0.15) is 6.92 Å². The van der Waals surface area contributed by atoms with E-state index in [0.717, 1.165) is 0 Å². The number of nitrogens with one attached hydrogen (secondary N) is 2. The molecule has 1 amide bonds. The van der Waals surface area contributed by atoms with Crippen LogP contribution in [0.2, 0.25) is 0 Å². The number of amides is 1. The topological polar surface area (TPSA) is 67.2 Å². The lowest BCUT2D eigenvalue weighted by atomic mass is 10.1. The van der Waals surface area contributed by atoms with Crippen molar-refractivity contribution < 1.29 is 9.32 Å². The fourth-order valence-corrected chi connectivity index (χ4v) is 0.925. The quantitative estimate of drug-likeness (QED) is 0.712. The van der Waals surface area contributed by atoms with Gasteiger partial charge in [-0.1, -0.05) is 12.1 Å². The third kappa shape index (κ3) is 2.87. The van der Waals surface area contributed by atoms with Gasteiger partial charge < -0.3 is 15.2 Å². The molecule has 0 bridgehead atoms. The van der Waals surface area contributed by atoms with Gasteiger partial charge in [0.15, 0.2) is 5.82 Å². The zero-order valence-electron chi connectivity index (χ0n) is 7.70. The Morgan fingerprint density at radius 1 is 1.77 bits per heavy atom. The minimum absolute atomic E-state index is 0.0664. The van der Waals surface area contributed by atoms with Crippen LogP contribution in [0, 0.1) is 5.92 Å². The highest BCUT2D eigenvalue weighted by Gasteiger charge is 2.12. The Morgan fingerprint density at radius 2 is 2.54 bits per heavy atom. The molecule has 1 aromatic heterocycles. The Labute approximate surface area is 76.5 Å². The average molecular weight is 183 g/mol. The standard InChI is InChI=1S/C8H13N3O2/c1-6(5-9-2)8(12)10-7-3-4-13-11-7/h3-4,6,9H,5H2,1-2H3,(H,10,11,12). The number of carbonyl (C=O) groups is 1. The summed E-state index contributed by atoms with van der Waals surface area (Å²) in [5.74, 6) is 0.304. The number of hydrogen-bond donors (Lipinski definition) is 2. The summed E-state index contributed by atoms with van der Waals surface area (Å²) in [5.41, 5.74) is 0. The van der Waals surface area contributed by atoms with Gasteiger partial charge in [0.2, 0.25) is 5.91 Å². The van der Waals surface area contributed by atoms with Crippen LogP contribution in [-0.2, 0) is 4.79 Å². The van der Waals surface area contributed by atoms with Crippen LogP contribution in [0.25, 0.3) is 0 Å². The molecule has 1 aromatic rings. The fraction of sp³-hybridized carbons (Fsp3) is 0.500. The second kappa shape index (κ2) is 4.61. The van der Waals surface area contributed by atoms with Gasteiger partial charge in [-0.15, -0.1) is 0 Å². The average Bonchev–Trinajstić information content (AvgIpc) is 2.57. The lowest BCUT2D eigenvalue weighted by Crippen LogP contribution is -2.28. The lowest BCUT2D eigenvalue weighted by molar-refractivity contribution is -0.119. The Hall–Kier alpha value is -1.36. The van der Waals surface area contributed by atoms with E-state index in [9.17, 15) is 4.79 Å². The van der Waals surface area contributed by atoms with Crippen molar-refractivity contribution in [3.05, 3.63) is 12.3 Å². The largest absolute Gasteiger partial charge is 0.363 e. The Morgan fingerprint density at radius 3 is 3.08 bits per heavy atom. The van der Waals surface area contributed by atoms with E-state index in [1.54, 1.807) is 13.1 Å². The third-order valence-electron chi connectivity index (χ3n) is 1.65. The maximum absolute atomic E-state index is 11.4. The molecule has 1 rings (SSSR count). The van der Waals surface area contributed by atoms with Crippen LogP contribution in [0.3, 0.4) is 0 Å². The normalized spacial score (nSPS) is 12.5. The summed E-state index contributed by atoms with van der Waals surface area (Å²) < 4.78 is 4.57. The van der Waals surface area contributed by atoms with Crippen molar-refractivity contribution >= 4 is 11.7 Å². The van der Waals surface area contributed by atoms with Gasteiger partial charge in [-0.2, -0.15) is 0 Å². The van der Waals surface area contributed by atoms with E-state index < -0.39 is 0 Å². The summed E-state index contributed by atoms with van der Waals surface area (Å²) in [6.07, 6.45) is 1.42. The van der Waals surface area contributed by atoms with E-state index in [-0.39, 0.29) is 11.8 Å². The van der Waals surface area contributed by atoms with Crippen molar-refractivity contribution in [2.24, 2.45) is 5.92 Å². The highest BCUT2D eigenvalue weighted by atomic mass is 16.5. The van der Waals surface area contributed by atoms with E-state index in [0.29, 0.717) is 12.4 Å². The molecular weight excluding hydrogens is 170 g/mol. The van der Waals surface area contributed by atoms with Crippen molar-refractivity contribution in [3.63, 3.8) is 0 Å². The predicted octanol–water partition coefficient (Wildman–Crippen LogP) is 0.469. The van der Waals surface area contributed by atoms with Crippen molar-refractivity contribution in [2.45, 2.75) is 6.92 Å². The molecule has 72 valence electrons. The van der Waals surface area contributed by atoms with Crippen LogP contribution in [0.5, 0.6) is 0 Å². The highest BCUT2D eigenvalue weighted by Crippen LogP contribution is 2.03. The van der Waals surface area contributed by atoms with Gasteiger partial charge in [-0.3, -0.25) is 4.79 Å². The number of nitrogens with zero attached hydrogens (tertiary/aromatic N) is 1. The molecule has 0 radical (unpaired) electrons. The molecule has 1 atom stereocenters. The van der Waals surface area contributed by atoms with Gasteiger partial charge in [0.25, 0.3) is 0 Å². The first-order valence-corrected chi connectivity index (χ1v) is 4.10. The molecule has 13 heavy (non-hydrogen) atoms. The molecule has 1 unspecified atom stereocenters. The monoisotopic (exact) mass is 183 g/mol. The van der Waals surface area contributed by atoms with Gasteiger partial charge >= 0.3 is 0 Å². The molecule has 1 heterocycles. The number of hydrogen-bond acceptors (Lipinski definition) is 4. The molecule has 0 aliphatic rings. The van der Waals surface area contributed by atoms with E-state index in [2.05, 4.69) is 20.3 Å². The van der Waals surface area contributed by atoms with Gasteiger partial charge in [0, 0.05) is 18.5 Å². The van der Waals surface area contributed by atoms with Crippen molar-refractivity contribution in [2.75, 3.05) is 18.9 Å². The summed E-state index contributed by atoms with van der Waals surface area (Å²) >= 11 is 0. The first kappa shape index (κ1) is 9.73. The predicted molar refractivity (Wildman–Crippen MR) is 48.2 cm³/mol. The van der Waals surface area contributed by atoms with Crippen molar-refractivity contribution in [1.29, 1.82) is 0 Å². The Kier molecular flexibility index (Phi) is 3.45. The van der Waals surface area contributed by atoms with Gasteiger partial charge in [-0.05, 0) is 7.05 Å². The minimum Gasteiger partial charge on any atom is -0.363 e. The maximum atomic E-state index is 11.4. The second-order valence-corrected chi connectivity index (χ2v) is 2.83. The van der Waals surface area contributed by atoms with E-state index in [1.165, 1.54) is 6.26 Å². The first-order valence-electron chi connectivity index (χ1n) is 4.10.